The van der Waals surface area contributed by atoms with Crippen LogP contribution in [-0.4, -0.2) is 37.2 Å². The number of carbonyl (C=O) groups excluding carboxylic acids is 3. The Labute approximate surface area is 368 Å². The first-order valence-corrected chi connectivity index (χ1v) is 26.3. The lowest BCUT2D eigenvalue weighted by atomic mass is 9.99. The highest BCUT2D eigenvalue weighted by atomic mass is 16.6. The van der Waals surface area contributed by atoms with E-state index < -0.39 is 6.10 Å². The van der Waals surface area contributed by atoms with E-state index in [-0.39, 0.29) is 31.1 Å². The first-order chi connectivity index (χ1) is 28.8. The number of carbonyl (C=O) groups is 3. The maximum atomic E-state index is 12.8. The van der Waals surface area contributed by atoms with Crippen molar-refractivity contribution in [2.75, 3.05) is 13.2 Å². The van der Waals surface area contributed by atoms with E-state index in [0.29, 0.717) is 19.3 Å². The Kier molecular flexibility index (Phi) is 44.7. The van der Waals surface area contributed by atoms with Crippen molar-refractivity contribution < 1.29 is 28.6 Å². The van der Waals surface area contributed by atoms with Crippen LogP contribution in [0.2, 0.25) is 0 Å². The summed E-state index contributed by atoms with van der Waals surface area (Å²) < 4.78 is 16.8. The van der Waals surface area contributed by atoms with Crippen LogP contribution in [0.4, 0.5) is 0 Å². The maximum Gasteiger partial charge on any atom is 0.306 e. The van der Waals surface area contributed by atoms with Gasteiger partial charge in [-0.3, -0.25) is 14.4 Å². The summed E-state index contributed by atoms with van der Waals surface area (Å²) in [6.45, 7) is 11.4. The van der Waals surface area contributed by atoms with E-state index in [4.69, 9.17) is 14.2 Å². The van der Waals surface area contributed by atoms with Gasteiger partial charge in [0.05, 0.1) is 0 Å². The molecule has 0 aromatic rings. The zero-order valence-electron chi connectivity index (χ0n) is 40.4. The van der Waals surface area contributed by atoms with Gasteiger partial charge >= 0.3 is 17.9 Å². The number of ether oxygens (including phenoxy) is 3. The smallest absolute Gasteiger partial charge is 0.306 e. The number of unbranched alkanes of at least 4 members (excludes halogenated alkanes) is 31. The Balaban J connectivity index is 4.27. The molecule has 2 atom stereocenters. The third kappa shape index (κ3) is 45.8. The molecule has 0 spiro atoms. The van der Waals surface area contributed by atoms with E-state index in [1.807, 2.05) is 0 Å². The molecule has 350 valence electrons. The topological polar surface area (TPSA) is 78.9 Å². The molecule has 6 heteroatoms. The molecule has 0 aliphatic heterocycles. The molecule has 0 fully saturated rings. The molecule has 0 aliphatic carbocycles. The summed E-state index contributed by atoms with van der Waals surface area (Å²) in [6.07, 6.45) is 46.6. The molecule has 1 unspecified atom stereocenters. The standard InChI is InChI=1S/C53H102O6/c1-6-8-9-10-11-12-18-22-28-33-38-43-51(54)57-46-50(59-53(56)45-40-35-30-25-24-27-32-37-42-49(5)7-2)47-58-52(55)44-39-34-29-23-20-17-15-13-14-16-19-21-26-31-36-41-48(3)4/h48-50H,6-47H2,1-5H3/t49?,50-/m1/s1. The second kappa shape index (κ2) is 45.9. The van der Waals surface area contributed by atoms with Crippen LogP contribution in [0.25, 0.3) is 0 Å². The highest BCUT2D eigenvalue weighted by Gasteiger charge is 2.19. The minimum atomic E-state index is -0.761. The van der Waals surface area contributed by atoms with Crippen molar-refractivity contribution in [3.8, 4) is 0 Å². The molecule has 0 aromatic carbocycles. The molecule has 0 radical (unpaired) electrons. The largest absolute Gasteiger partial charge is 0.462 e. The van der Waals surface area contributed by atoms with Gasteiger partial charge in [0.1, 0.15) is 13.2 Å². The highest BCUT2D eigenvalue weighted by Crippen LogP contribution is 2.18. The van der Waals surface area contributed by atoms with Gasteiger partial charge in [0.25, 0.3) is 0 Å². The van der Waals surface area contributed by atoms with Crippen molar-refractivity contribution in [3.63, 3.8) is 0 Å². The Hall–Kier alpha value is -1.59. The Morgan fingerprint density at radius 3 is 0.966 bits per heavy atom. The van der Waals surface area contributed by atoms with Gasteiger partial charge in [-0.2, -0.15) is 0 Å². The first-order valence-electron chi connectivity index (χ1n) is 26.3. The van der Waals surface area contributed by atoms with E-state index in [1.165, 1.54) is 180 Å². The molecule has 0 heterocycles. The summed E-state index contributed by atoms with van der Waals surface area (Å²) in [6, 6.07) is 0. The average molecular weight is 835 g/mol. The molecule has 6 nitrogen and oxygen atoms in total. The summed E-state index contributed by atoms with van der Waals surface area (Å²) in [4.78, 5) is 37.9. The number of hydrogen-bond acceptors (Lipinski definition) is 6. The van der Waals surface area contributed by atoms with Gasteiger partial charge in [0.2, 0.25) is 0 Å². The predicted octanol–water partition coefficient (Wildman–Crippen LogP) is 16.9. The highest BCUT2D eigenvalue weighted by molar-refractivity contribution is 5.71. The minimum Gasteiger partial charge on any atom is -0.462 e. The van der Waals surface area contributed by atoms with Crippen LogP contribution in [0.3, 0.4) is 0 Å². The monoisotopic (exact) mass is 835 g/mol. The van der Waals surface area contributed by atoms with Gasteiger partial charge < -0.3 is 14.2 Å². The zero-order chi connectivity index (χ0) is 43.3. The quantitative estimate of drug-likeness (QED) is 0.0345. The van der Waals surface area contributed by atoms with Gasteiger partial charge in [-0.25, -0.2) is 0 Å². The van der Waals surface area contributed by atoms with E-state index >= 15 is 0 Å². The Morgan fingerprint density at radius 1 is 0.356 bits per heavy atom. The fourth-order valence-electron chi connectivity index (χ4n) is 7.96. The average Bonchev–Trinajstić information content (AvgIpc) is 3.22. The number of hydrogen-bond donors (Lipinski definition) is 0. The van der Waals surface area contributed by atoms with Crippen LogP contribution in [0.15, 0.2) is 0 Å². The molecule has 0 saturated carbocycles. The van der Waals surface area contributed by atoms with E-state index in [1.54, 1.807) is 0 Å². The van der Waals surface area contributed by atoms with Crippen LogP contribution >= 0.6 is 0 Å². The van der Waals surface area contributed by atoms with Crippen molar-refractivity contribution in [2.24, 2.45) is 11.8 Å². The summed E-state index contributed by atoms with van der Waals surface area (Å²) >= 11 is 0. The molecule has 0 saturated heterocycles. The molecular weight excluding hydrogens is 733 g/mol. The van der Waals surface area contributed by atoms with Crippen LogP contribution in [-0.2, 0) is 28.6 Å². The van der Waals surface area contributed by atoms with E-state index in [2.05, 4.69) is 34.6 Å². The normalized spacial score (nSPS) is 12.5. The lowest BCUT2D eigenvalue weighted by Crippen LogP contribution is -2.30. The second-order valence-corrected chi connectivity index (χ2v) is 18.9. The lowest BCUT2D eigenvalue weighted by Gasteiger charge is -2.18. The molecular formula is C53H102O6. The Bertz CT molecular complexity index is 902. The summed E-state index contributed by atoms with van der Waals surface area (Å²) in [5.41, 5.74) is 0. The van der Waals surface area contributed by atoms with Gasteiger partial charge in [0.15, 0.2) is 6.10 Å². The van der Waals surface area contributed by atoms with Crippen LogP contribution < -0.4 is 0 Å². The van der Waals surface area contributed by atoms with Crippen LogP contribution in [0.5, 0.6) is 0 Å². The van der Waals surface area contributed by atoms with Crippen molar-refractivity contribution >= 4 is 17.9 Å². The minimum absolute atomic E-state index is 0.0639. The molecule has 0 N–H and O–H groups in total. The van der Waals surface area contributed by atoms with Crippen LogP contribution in [0.1, 0.15) is 291 Å². The number of esters is 3. The fraction of sp³-hybridized carbons (Fsp3) is 0.943. The summed E-state index contributed by atoms with van der Waals surface area (Å²) in [5, 5.41) is 0. The summed E-state index contributed by atoms with van der Waals surface area (Å²) in [5.74, 6) is 0.845. The molecule has 59 heavy (non-hydrogen) atoms. The Morgan fingerprint density at radius 2 is 0.644 bits per heavy atom. The molecule has 0 aromatic heterocycles. The zero-order valence-corrected chi connectivity index (χ0v) is 40.4. The maximum absolute atomic E-state index is 12.8. The molecule has 0 bridgehead atoms. The van der Waals surface area contributed by atoms with E-state index in [9.17, 15) is 14.4 Å². The lowest BCUT2D eigenvalue weighted by molar-refractivity contribution is -0.167. The van der Waals surface area contributed by atoms with Crippen molar-refractivity contribution in [3.05, 3.63) is 0 Å². The molecule has 0 rings (SSSR count). The SMILES string of the molecule is CCCCCCCCCCCCCC(=O)OC[C@H](COC(=O)CCCCCCCCCCCCCCCCCC(C)C)OC(=O)CCCCCCCCCCC(C)CC. The third-order valence-electron chi connectivity index (χ3n) is 12.3. The van der Waals surface area contributed by atoms with Crippen molar-refractivity contribution in [1.82, 2.24) is 0 Å². The van der Waals surface area contributed by atoms with Crippen molar-refractivity contribution in [2.45, 2.75) is 298 Å². The first kappa shape index (κ1) is 57.4. The molecule has 0 amide bonds. The van der Waals surface area contributed by atoms with E-state index in [0.717, 1.165) is 69.6 Å². The third-order valence-corrected chi connectivity index (χ3v) is 12.3. The van der Waals surface area contributed by atoms with Gasteiger partial charge in [-0.15, -0.1) is 0 Å². The fourth-order valence-corrected chi connectivity index (χ4v) is 7.96. The number of rotatable bonds is 47. The van der Waals surface area contributed by atoms with Crippen LogP contribution in [0, 0.1) is 11.8 Å². The second-order valence-electron chi connectivity index (χ2n) is 18.9. The van der Waals surface area contributed by atoms with Gasteiger partial charge in [0, 0.05) is 19.3 Å². The van der Waals surface area contributed by atoms with Gasteiger partial charge in [-0.05, 0) is 31.1 Å². The summed E-state index contributed by atoms with van der Waals surface area (Å²) in [7, 11) is 0. The van der Waals surface area contributed by atoms with Crippen molar-refractivity contribution in [1.29, 1.82) is 0 Å². The molecule has 0 aliphatic rings. The predicted molar refractivity (Wildman–Crippen MR) is 252 cm³/mol. The van der Waals surface area contributed by atoms with Gasteiger partial charge in [-0.1, -0.05) is 253 Å².